The number of carbonyl (C=O) groups is 3. The molecule has 0 bridgehead atoms. The fourth-order valence-corrected chi connectivity index (χ4v) is 3.50. The Morgan fingerprint density at radius 3 is 1.77 bits per heavy atom. The molecule has 40 heavy (non-hydrogen) atoms. The van der Waals surface area contributed by atoms with Gasteiger partial charge in [0.25, 0.3) is 0 Å². The molecule has 2 rings (SSSR count). The molecular weight excluding hydrogens is 504 g/mol. The zero-order chi connectivity index (χ0) is 30.3. The van der Waals surface area contributed by atoms with Gasteiger partial charge in [-0.2, -0.15) is 0 Å². The van der Waals surface area contributed by atoms with E-state index in [1.165, 1.54) is 6.08 Å². The molecule has 0 saturated heterocycles. The minimum atomic E-state index is -0.751. The lowest BCUT2D eigenvalue weighted by Crippen LogP contribution is -2.26. The van der Waals surface area contributed by atoms with Gasteiger partial charge in [0.05, 0.1) is 22.5 Å². The summed E-state index contributed by atoms with van der Waals surface area (Å²) in [6.07, 6.45) is 7.34. The monoisotopic (exact) mass is 546 g/mol. The van der Waals surface area contributed by atoms with Crippen LogP contribution < -0.4 is 14.2 Å². The van der Waals surface area contributed by atoms with Crippen LogP contribution in [0.15, 0.2) is 61.7 Å². The van der Waals surface area contributed by atoms with Crippen LogP contribution in [0.4, 0.5) is 0 Å². The van der Waals surface area contributed by atoms with E-state index < -0.39 is 16.8 Å². The van der Waals surface area contributed by atoms with Crippen LogP contribution >= 0.6 is 0 Å². The Bertz CT molecular complexity index is 1280. The van der Waals surface area contributed by atoms with Crippen molar-refractivity contribution in [3.8, 4) is 17.2 Å². The second kappa shape index (κ2) is 13.4. The summed E-state index contributed by atoms with van der Waals surface area (Å²) in [6, 6.07) is 8.30. The second-order valence-corrected chi connectivity index (χ2v) is 11.9. The van der Waals surface area contributed by atoms with Crippen LogP contribution in [0.5, 0.6) is 17.2 Å². The molecule has 0 N–H and O–H groups in total. The van der Waals surface area contributed by atoms with Gasteiger partial charge in [-0.05, 0) is 122 Å². The van der Waals surface area contributed by atoms with Crippen LogP contribution in [0, 0.1) is 10.8 Å². The highest BCUT2D eigenvalue weighted by Gasteiger charge is 2.28. The number of hydrogen-bond donors (Lipinski definition) is 0. The summed E-state index contributed by atoms with van der Waals surface area (Å²) in [7, 11) is 0. The van der Waals surface area contributed by atoms with E-state index in [0.717, 1.165) is 11.1 Å². The van der Waals surface area contributed by atoms with Gasteiger partial charge in [-0.1, -0.05) is 12.2 Å². The molecule has 0 fully saturated rings. The summed E-state index contributed by atoms with van der Waals surface area (Å²) >= 11 is 0. The summed E-state index contributed by atoms with van der Waals surface area (Å²) in [5.74, 6) is 0.152. The number of ketones is 1. The number of rotatable bonds is 11. The third-order valence-electron chi connectivity index (χ3n) is 5.67. The Hall–Kier alpha value is -3.93. The van der Waals surface area contributed by atoms with E-state index in [9.17, 15) is 14.4 Å². The van der Waals surface area contributed by atoms with Crippen molar-refractivity contribution in [2.24, 2.45) is 10.8 Å². The lowest BCUT2D eigenvalue weighted by Gasteiger charge is -2.24. The minimum Gasteiger partial charge on any atom is -0.490 e. The number of hydrogen-bond acceptors (Lipinski definition) is 6. The molecule has 0 radical (unpaired) electrons. The Morgan fingerprint density at radius 2 is 1.30 bits per heavy atom. The minimum absolute atomic E-state index is 0.175. The third-order valence-corrected chi connectivity index (χ3v) is 5.67. The Kier molecular flexibility index (Phi) is 10.8. The molecule has 2 aromatic rings. The van der Waals surface area contributed by atoms with Gasteiger partial charge in [0.1, 0.15) is 17.2 Å². The SMILES string of the molecule is C=CCc1cc(CC=C)c(OC(C)C)c(C=CC(=O)c2ccc(OC(=O)C(C)(C)C)cc2)c1OC(=O)C(C)(C)C. The molecule has 214 valence electrons. The van der Waals surface area contributed by atoms with Crippen molar-refractivity contribution in [1.29, 1.82) is 0 Å². The van der Waals surface area contributed by atoms with E-state index in [1.807, 2.05) is 19.9 Å². The van der Waals surface area contributed by atoms with Crippen molar-refractivity contribution in [3.05, 3.63) is 84.0 Å². The number of allylic oxidation sites excluding steroid dienone is 3. The topological polar surface area (TPSA) is 78.9 Å². The lowest BCUT2D eigenvalue weighted by atomic mass is 9.95. The quantitative estimate of drug-likeness (QED) is 0.0943. The maximum Gasteiger partial charge on any atom is 0.316 e. The smallest absolute Gasteiger partial charge is 0.316 e. The molecule has 0 aliphatic carbocycles. The summed E-state index contributed by atoms with van der Waals surface area (Å²) < 4.78 is 17.6. The number of benzene rings is 2. The zero-order valence-electron chi connectivity index (χ0n) is 25.1. The van der Waals surface area contributed by atoms with Gasteiger partial charge < -0.3 is 14.2 Å². The molecule has 0 atom stereocenters. The fraction of sp³-hybridized carbons (Fsp3) is 0.382. The molecule has 0 saturated carbocycles. The van der Waals surface area contributed by atoms with E-state index in [2.05, 4.69) is 13.2 Å². The number of esters is 2. The zero-order valence-corrected chi connectivity index (χ0v) is 25.1. The average Bonchev–Trinajstić information content (AvgIpc) is 2.85. The van der Waals surface area contributed by atoms with Crippen molar-refractivity contribution < 1.29 is 28.6 Å². The van der Waals surface area contributed by atoms with E-state index in [4.69, 9.17) is 14.2 Å². The maximum absolute atomic E-state index is 13.2. The fourth-order valence-electron chi connectivity index (χ4n) is 3.50. The molecule has 6 heteroatoms. The van der Waals surface area contributed by atoms with Crippen LogP contribution in [0.1, 0.15) is 82.4 Å². The van der Waals surface area contributed by atoms with Gasteiger partial charge in [0.2, 0.25) is 0 Å². The third kappa shape index (κ3) is 8.80. The van der Waals surface area contributed by atoms with E-state index in [0.29, 0.717) is 41.2 Å². The molecule has 6 nitrogen and oxygen atoms in total. The molecule has 0 unspecified atom stereocenters. The van der Waals surface area contributed by atoms with Crippen LogP contribution in [0.2, 0.25) is 0 Å². The lowest BCUT2D eigenvalue weighted by molar-refractivity contribution is -0.143. The largest absolute Gasteiger partial charge is 0.490 e. The van der Waals surface area contributed by atoms with Crippen molar-refractivity contribution >= 4 is 23.8 Å². The van der Waals surface area contributed by atoms with Crippen molar-refractivity contribution in [3.63, 3.8) is 0 Å². The number of carbonyl (C=O) groups excluding carboxylic acids is 3. The summed E-state index contributed by atoms with van der Waals surface area (Å²) in [5.41, 5.74) is 1.10. The highest BCUT2D eigenvalue weighted by Crippen LogP contribution is 2.40. The van der Waals surface area contributed by atoms with Crippen molar-refractivity contribution in [1.82, 2.24) is 0 Å². The van der Waals surface area contributed by atoms with Gasteiger partial charge in [0, 0.05) is 5.56 Å². The second-order valence-electron chi connectivity index (χ2n) is 11.9. The van der Waals surface area contributed by atoms with Gasteiger partial charge in [0.15, 0.2) is 5.78 Å². The molecule has 0 amide bonds. The molecule has 0 aliphatic rings. The van der Waals surface area contributed by atoms with Gasteiger partial charge in [-0.15, -0.1) is 13.2 Å². The molecule has 0 heterocycles. The Balaban J connectivity index is 2.60. The summed E-state index contributed by atoms with van der Waals surface area (Å²) in [6.45, 7) is 22.2. The molecule has 0 spiro atoms. The Labute approximate surface area is 238 Å². The van der Waals surface area contributed by atoms with Crippen molar-refractivity contribution in [2.75, 3.05) is 0 Å². The summed E-state index contributed by atoms with van der Waals surface area (Å²) in [5, 5.41) is 0. The van der Waals surface area contributed by atoms with E-state index >= 15 is 0 Å². The van der Waals surface area contributed by atoms with Gasteiger partial charge in [-0.25, -0.2) is 0 Å². The molecule has 2 aromatic carbocycles. The predicted molar refractivity (Wildman–Crippen MR) is 160 cm³/mol. The average molecular weight is 547 g/mol. The first kappa shape index (κ1) is 32.3. The highest BCUT2D eigenvalue weighted by atomic mass is 16.5. The van der Waals surface area contributed by atoms with Crippen LogP contribution in [0.25, 0.3) is 6.08 Å². The normalized spacial score (nSPS) is 11.8. The van der Waals surface area contributed by atoms with Crippen molar-refractivity contribution in [2.45, 2.75) is 74.3 Å². The highest BCUT2D eigenvalue weighted by molar-refractivity contribution is 6.07. The first-order chi connectivity index (χ1) is 18.6. The van der Waals surface area contributed by atoms with Crippen LogP contribution in [-0.4, -0.2) is 23.8 Å². The number of ether oxygens (including phenoxy) is 3. The molecule has 0 aromatic heterocycles. The van der Waals surface area contributed by atoms with Gasteiger partial charge >= 0.3 is 11.9 Å². The standard InChI is InChI=1S/C34H42O6/c1-11-13-24-21-25(14-12-2)30(40-32(37)34(8,9)10)27(29(24)38-22(3)4)19-20-28(35)23-15-17-26(18-16-23)39-31(36)33(5,6)7/h11-12,15-22H,1-2,13-14H2,3-10H3. The molecular formula is C34H42O6. The van der Waals surface area contributed by atoms with Crippen LogP contribution in [-0.2, 0) is 22.4 Å². The summed E-state index contributed by atoms with van der Waals surface area (Å²) in [4.78, 5) is 38.3. The van der Waals surface area contributed by atoms with Crippen LogP contribution in [0.3, 0.4) is 0 Å². The predicted octanol–water partition coefficient (Wildman–Crippen LogP) is 7.73. The van der Waals surface area contributed by atoms with E-state index in [1.54, 1.807) is 84.0 Å². The first-order valence-electron chi connectivity index (χ1n) is 13.4. The van der Waals surface area contributed by atoms with Gasteiger partial charge in [-0.3, -0.25) is 14.4 Å². The maximum atomic E-state index is 13.2. The first-order valence-corrected chi connectivity index (χ1v) is 13.4. The Morgan fingerprint density at radius 1 is 0.800 bits per heavy atom. The van der Waals surface area contributed by atoms with E-state index in [-0.39, 0.29) is 17.9 Å². The molecule has 0 aliphatic heterocycles.